The van der Waals surface area contributed by atoms with Gasteiger partial charge in [-0.2, -0.15) is 10.2 Å². The number of rotatable bonds is 6. The van der Waals surface area contributed by atoms with Crippen LogP contribution in [0.1, 0.15) is 42.1 Å². The second kappa shape index (κ2) is 8.75. The molecule has 2 atom stereocenters. The van der Waals surface area contributed by atoms with Crippen LogP contribution in [0.4, 0.5) is 15.9 Å². The van der Waals surface area contributed by atoms with Crippen molar-refractivity contribution in [2.75, 3.05) is 5.32 Å². The van der Waals surface area contributed by atoms with E-state index in [1.54, 1.807) is 0 Å². The zero-order valence-electron chi connectivity index (χ0n) is 19.5. The highest BCUT2D eigenvalue weighted by molar-refractivity contribution is 7.89. The van der Waals surface area contributed by atoms with Crippen molar-refractivity contribution in [2.45, 2.75) is 49.6 Å². The van der Waals surface area contributed by atoms with Crippen molar-refractivity contribution in [2.24, 2.45) is 0 Å². The van der Waals surface area contributed by atoms with Gasteiger partial charge in [-0.15, -0.1) is 0 Å². The van der Waals surface area contributed by atoms with Crippen LogP contribution in [0.15, 0.2) is 59.5 Å². The van der Waals surface area contributed by atoms with Gasteiger partial charge in [0.2, 0.25) is 15.9 Å². The number of nitrogens with one attached hydrogen (secondary N) is 3. The number of para-hydroxylation sites is 1. The largest absolute Gasteiger partial charge is 0.474 e. The van der Waals surface area contributed by atoms with Crippen molar-refractivity contribution in [3.8, 4) is 11.6 Å². The summed E-state index contributed by atoms with van der Waals surface area (Å²) < 4.78 is 49.3. The number of hydrogen-bond acceptors (Lipinski definition) is 6. The molecule has 2 aromatic carbocycles. The van der Waals surface area contributed by atoms with Crippen LogP contribution >= 0.6 is 0 Å². The van der Waals surface area contributed by atoms with Crippen molar-refractivity contribution in [3.05, 3.63) is 77.4 Å². The molecular formula is C25H25FN6O3S. The van der Waals surface area contributed by atoms with Gasteiger partial charge in [-0.25, -0.2) is 22.2 Å². The Kier molecular flexibility index (Phi) is 5.53. The minimum Gasteiger partial charge on any atom is -0.474 e. The number of fused-ring (bicyclic) bond motifs is 1. The summed E-state index contributed by atoms with van der Waals surface area (Å²) in [5.41, 5.74) is 3.10. The third kappa shape index (κ3) is 4.14. The fourth-order valence-electron chi connectivity index (χ4n) is 4.92. The second-order valence-corrected chi connectivity index (χ2v) is 10.9. The van der Waals surface area contributed by atoms with Gasteiger partial charge < -0.3 is 10.1 Å². The first-order valence-corrected chi connectivity index (χ1v) is 13.3. The van der Waals surface area contributed by atoms with Crippen LogP contribution in [0, 0.1) is 12.7 Å². The molecule has 0 spiro atoms. The topological polar surface area (TPSA) is 114 Å². The van der Waals surface area contributed by atoms with Crippen LogP contribution in [0.25, 0.3) is 5.69 Å². The van der Waals surface area contributed by atoms with Crippen molar-refractivity contribution < 1.29 is 17.5 Å². The molecule has 3 heterocycles. The minimum absolute atomic E-state index is 0.0194. The highest BCUT2D eigenvalue weighted by atomic mass is 32.2. The van der Waals surface area contributed by atoms with Gasteiger partial charge in [0.25, 0.3) is 0 Å². The minimum atomic E-state index is -3.63. The van der Waals surface area contributed by atoms with E-state index in [9.17, 15) is 12.8 Å². The lowest BCUT2D eigenvalue weighted by molar-refractivity contribution is 0.194. The van der Waals surface area contributed by atoms with Crippen molar-refractivity contribution >= 4 is 21.5 Å². The standard InChI is InChI=1S/C25H25FN6O3S/c1-15-11-24(32(31-15)17-5-3-2-4-6-17)35-18-8-7-16(12-18)21-13-23(30-29-21)28-20-9-10-22-19(25(20)26)14-27-36(22,33)34/h2-6,9-11,13,16,18,27H,7-8,12,14H2,1H3,(H2,28,29,30)/t16-,18+/m0/s1. The predicted octanol–water partition coefficient (Wildman–Crippen LogP) is 4.29. The van der Waals surface area contributed by atoms with E-state index >= 15 is 0 Å². The van der Waals surface area contributed by atoms with Gasteiger partial charge in [0.1, 0.15) is 6.10 Å². The van der Waals surface area contributed by atoms with E-state index in [0.717, 1.165) is 42.2 Å². The Labute approximate surface area is 207 Å². The molecule has 0 saturated heterocycles. The van der Waals surface area contributed by atoms with Gasteiger partial charge in [-0.1, -0.05) is 18.2 Å². The molecule has 36 heavy (non-hydrogen) atoms. The summed E-state index contributed by atoms with van der Waals surface area (Å²) in [6.07, 6.45) is 2.68. The maximum atomic E-state index is 14.9. The van der Waals surface area contributed by atoms with Gasteiger partial charge in [0.15, 0.2) is 11.6 Å². The van der Waals surface area contributed by atoms with Gasteiger partial charge in [-0.05, 0) is 50.5 Å². The Bertz CT molecular complexity index is 1530. The lowest BCUT2D eigenvalue weighted by Gasteiger charge is -2.15. The van der Waals surface area contributed by atoms with Crippen LogP contribution in [0.3, 0.4) is 0 Å². The second-order valence-electron chi connectivity index (χ2n) is 9.18. The van der Waals surface area contributed by atoms with Crippen LogP contribution in [-0.2, 0) is 16.6 Å². The Balaban J connectivity index is 1.14. The van der Waals surface area contributed by atoms with E-state index in [-0.39, 0.29) is 34.7 Å². The van der Waals surface area contributed by atoms with E-state index in [0.29, 0.717) is 5.82 Å². The highest BCUT2D eigenvalue weighted by Gasteiger charge is 2.31. The monoisotopic (exact) mass is 508 g/mol. The zero-order valence-corrected chi connectivity index (χ0v) is 20.3. The van der Waals surface area contributed by atoms with Gasteiger partial charge in [0.05, 0.1) is 22.0 Å². The first-order valence-electron chi connectivity index (χ1n) is 11.8. The molecule has 6 rings (SSSR count). The number of anilines is 2. The summed E-state index contributed by atoms with van der Waals surface area (Å²) in [5, 5.41) is 14.9. The van der Waals surface area contributed by atoms with E-state index in [4.69, 9.17) is 4.74 Å². The number of aromatic nitrogens is 4. The molecule has 0 unspecified atom stereocenters. The number of nitrogens with zero attached hydrogens (tertiary/aromatic N) is 3. The Hall–Kier alpha value is -3.70. The molecule has 0 amide bonds. The summed E-state index contributed by atoms with van der Waals surface area (Å²) in [4.78, 5) is -0.0194. The molecule has 11 heteroatoms. The van der Waals surface area contributed by atoms with Crippen LogP contribution in [0.2, 0.25) is 0 Å². The fourth-order valence-corrected chi connectivity index (χ4v) is 6.15. The molecule has 2 aromatic heterocycles. The smallest absolute Gasteiger partial charge is 0.241 e. The lowest BCUT2D eigenvalue weighted by Crippen LogP contribution is -2.14. The molecule has 3 N–H and O–H groups in total. The molecule has 9 nitrogen and oxygen atoms in total. The third-order valence-electron chi connectivity index (χ3n) is 6.70. The fraction of sp³-hybridized carbons (Fsp3) is 0.280. The first kappa shape index (κ1) is 22.7. The number of aryl methyl sites for hydroxylation is 1. The molecule has 186 valence electrons. The predicted molar refractivity (Wildman–Crippen MR) is 132 cm³/mol. The van der Waals surface area contributed by atoms with E-state index in [2.05, 4.69) is 25.3 Å². The Morgan fingerprint density at radius 2 is 1.97 bits per heavy atom. The van der Waals surface area contributed by atoms with E-state index in [1.165, 1.54) is 12.1 Å². The van der Waals surface area contributed by atoms with Crippen LogP contribution in [-0.4, -0.2) is 34.5 Å². The summed E-state index contributed by atoms with van der Waals surface area (Å²) >= 11 is 0. The van der Waals surface area contributed by atoms with Gasteiger partial charge >= 0.3 is 0 Å². The first-order chi connectivity index (χ1) is 17.4. The van der Waals surface area contributed by atoms with Crippen molar-refractivity contribution in [1.29, 1.82) is 0 Å². The average Bonchev–Trinajstić information content (AvgIpc) is 3.64. The number of benzene rings is 2. The molecule has 2 aliphatic rings. The zero-order chi connectivity index (χ0) is 24.9. The number of halogens is 1. The Morgan fingerprint density at radius 1 is 1.14 bits per heavy atom. The van der Waals surface area contributed by atoms with Crippen molar-refractivity contribution in [1.82, 2.24) is 24.7 Å². The molecule has 1 fully saturated rings. The number of hydrogen-bond donors (Lipinski definition) is 3. The van der Waals surface area contributed by atoms with Crippen LogP contribution < -0.4 is 14.8 Å². The molecule has 1 aliphatic heterocycles. The van der Waals surface area contributed by atoms with Crippen molar-refractivity contribution in [3.63, 3.8) is 0 Å². The molecular weight excluding hydrogens is 483 g/mol. The molecule has 1 saturated carbocycles. The number of aromatic amines is 1. The maximum absolute atomic E-state index is 14.9. The summed E-state index contributed by atoms with van der Waals surface area (Å²) in [6.45, 7) is 1.89. The number of sulfonamides is 1. The summed E-state index contributed by atoms with van der Waals surface area (Å²) in [6, 6.07) is 16.5. The number of H-pyrrole nitrogens is 1. The van der Waals surface area contributed by atoms with Gasteiger partial charge in [0, 0.05) is 35.9 Å². The summed E-state index contributed by atoms with van der Waals surface area (Å²) in [7, 11) is -3.63. The quantitative estimate of drug-likeness (QED) is 0.358. The average molecular weight is 509 g/mol. The SMILES string of the molecule is Cc1cc(O[C@@H]2CC[C@H](c3cc(Nc4ccc5c(c4F)CNS5(=O)=O)n[nH]3)C2)n(-c2ccccc2)n1. The molecule has 0 bridgehead atoms. The molecule has 0 radical (unpaired) electrons. The maximum Gasteiger partial charge on any atom is 0.241 e. The molecule has 1 aliphatic carbocycles. The highest BCUT2D eigenvalue weighted by Crippen LogP contribution is 2.37. The van der Waals surface area contributed by atoms with E-state index in [1.807, 2.05) is 54.1 Å². The Morgan fingerprint density at radius 3 is 2.81 bits per heavy atom. The normalized spacial score (nSPS) is 20.4. The van der Waals surface area contributed by atoms with Gasteiger partial charge in [-0.3, -0.25) is 5.10 Å². The number of ether oxygens (including phenoxy) is 1. The third-order valence-corrected chi connectivity index (χ3v) is 8.19. The molecule has 4 aromatic rings. The van der Waals surface area contributed by atoms with Crippen LogP contribution in [0.5, 0.6) is 5.88 Å². The van der Waals surface area contributed by atoms with E-state index < -0.39 is 15.8 Å². The summed E-state index contributed by atoms with van der Waals surface area (Å²) in [5.74, 6) is 0.830. The lowest BCUT2D eigenvalue weighted by atomic mass is 10.0.